The van der Waals surface area contributed by atoms with E-state index in [0.717, 1.165) is 0 Å². The molecular formula is C27H36N5O9P. The number of benzene rings is 1. The van der Waals surface area contributed by atoms with E-state index in [9.17, 15) is 33.5 Å². The highest BCUT2D eigenvalue weighted by Gasteiger charge is 2.34. The molecule has 42 heavy (non-hydrogen) atoms. The summed E-state index contributed by atoms with van der Waals surface area (Å²) in [7, 11) is -4.71. The highest BCUT2D eigenvalue weighted by molar-refractivity contribution is 7.51. The first kappa shape index (κ1) is 32.7. The molecule has 0 spiro atoms. The summed E-state index contributed by atoms with van der Waals surface area (Å²) in [5.41, 5.74) is 1.37. The second-order valence-electron chi connectivity index (χ2n) is 9.95. The number of carboxylic acid groups (broad SMARTS) is 2. The molecule has 2 heterocycles. The fourth-order valence-corrected chi connectivity index (χ4v) is 5.22. The van der Waals surface area contributed by atoms with E-state index in [-0.39, 0.29) is 38.2 Å². The van der Waals surface area contributed by atoms with Gasteiger partial charge in [-0.25, -0.2) is 4.98 Å². The second-order valence-corrected chi connectivity index (χ2v) is 11.6. The summed E-state index contributed by atoms with van der Waals surface area (Å²) in [6.07, 6.45) is 0.264. The molecular weight excluding hydrogens is 569 g/mol. The lowest BCUT2D eigenvalue weighted by atomic mass is 10.1. The molecule has 0 bridgehead atoms. The normalized spacial score (nSPS) is 14.7. The number of nitrogens with zero attached hydrogens (tertiary/aromatic N) is 3. The molecule has 2 aromatic rings. The third-order valence-electron chi connectivity index (χ3n) is 6.62. The smallest absolute Gasteiger partial charge is 0.328 e. The van der Waals surface area contributed by atoms with Crippen LogP contribution in [0.3, 0.4) is 0 Å². The van der Waals surface area contributed by atoms with Gasteiger partial charge in [0.15, 0.2) is 0 Å². The maximum atomic E-state index is 13.3. The molecule has 2 amide bonds. The number of pyridine rings is 1. The Morgan fingerprint density at radius 1 is 0.929 bits per heavy atom. The lowest BCUT2D eigenvalue weighted by molar-refractivity contribution is -0.138. The number of unbranched alkanes of at least 4 members (excludes halogenated alkanes) is 1. The molecule has 1 aliphatic heterocycles. The molecule has 1 fully saturated rings. The molecule has 1 saturated heterocycles. The predicted octanol–water partition coefficient (Wildman–Crippen LogP) is 1.31. The zero-order chi connectivity index (χ0) is 30.7. The number of piperazine rings is 1. The SMILES string of the molecule is O=C(O)CCCCN1CCN(C(=O)[C@H](CP(=O)(O)O)NC(=O)c2cc(NCCC(=O)O)cc(-c3ccccc3)n2)CC1. The molecule has 0 radical (unpaired) electrons. The third-order valence-corrected chi connectivity index (χ3v) is 7.46. The van der Waals surface area contributed by atoms with Crippen molar-refractivity contribution in [3.8, 4) is 11.3 Å². The standard InChI is InChI=1S/C27H36N5O9P/c33-24(34)8-4-5-11-31-12-14-32(15-13-31)27(38)23(18-42(39,40)41)30-26(37)22-17-20(28-10-9-25(35)36)16-21(29-22)19-6-2-1-3-7-19/h1-3,6-7,16-17,23H,4-5,8-15,18H2,(H,28,29)(H,30,37)(H,33,34)(H,35,36)(H2,39,40,41)/t23-/m0/s1. The van der Waals surface area contributed by atoms with Crippen LogP contribution < -0.4 is 10.6 Å². The topological polar surface area (TPSA) is 210 Å². The number of aliphatic carboxylic acids is 2. The molecule has 0 saturated carbocycles. The van der Waals surface area contributed by atoms with Crippen molar-refractivity contribution < 1.29 is 43.7 Å². The number of rotatable bonds is 15. The fourth-order valence-electron chi connectivity index (χ4n) is 4.50. The van der Waals surface area contributed by atoms with Gasteiger partial charge in [-0.2, -0.15) is 0 Å². The third kappa shape index (κ3) is 10.9. The van der Waals surface area contributed by atoms with Gasteiger partial charge in [-0.15, -0.1) is 0 Å². The zero-order valence-corrected chi connectivity index (χ0v) is 23.9. The number of hydrogen-bond acceptors (Lipinski definition) is 8. The number of amides is 2. The Morgan fingerprint density at radius 3 is 2.21 bits per heavy atom. The van der Waals surface area contributed by atoms with E-state index in [1.54, 1.807) is 30.3 Å². The van der Waals surface area contributed by atoms with E-state index in [1.807, 2.05) is 6.07 Å². The van der Waals surface area contributed by atoms with Crippen molar-refractivity contribution in [2.24, 2.45) is 0 Å². The summed E-state index contributed by atoms with van der Waals surface area (Å²) in [5, 5.41) is 23.1. The van der Waals surface area contributed by atoms with Crippen LogP contribution in [-0.2, 0) is 18.9 Å². The van der Waals surface area contributed by atoms with Crippen LogP contribution in [0.1, 0.15) is 36.2 Å². The molecule has 0 aliphatic carbocycles. The van der Waals surface area contributed by atoms with Crippen LogP contribution in [0.5, 0.6) is 0 Å². The Balaban J connectivity index is 1.74. The van der Waals surface area contributed by atoms with Crippen LogP contribution in [-0.4, -0.2) is 110 Å². The Hall–Kier alpha value is -3.84. The van der Waals surface area contributed by atoms with E-state index in [1.165, 1.54) is 11.0 Å². The Morgan fingerprint density at radius 2 is 1.60 bits per heavy atom. The van der Waals surface area contributed by atoms with Crippen LogP contribution in [0.15, 0.2) is 42.5 Å². The summed E-state index contributed by atoms with van der Waals surface area (Å²) in [5.74, 6) is -3.30. The van der Waals surface area contributed by atoms with Gasteiger partial charge in [0.05, 0.1) is 18.3 Å². The summed E-state index contributed by atoms with van der Waals surface area (Å²) in [4.78, 5) is 75.6. The molecule has 1 aromatic heterocycles. The largest absolute Gasteiger partial charge is 0.481 e. The van der Waals surface area contributed by atoms with Crippen molar-refractivity contribution in [1.29, 1.82) is 0 Å². The van der Waals surface area contributed by atoms with Crippen LogP contribution in [0.2, 0.25) is 0 Å². The minimum absolute atomic E-state index is 0.0828. The number of carbonyl (C=O) groups excluding carboxylic acids is 2. The van der Waals surface area contributed by atoms with Crippen molar-refractivity contribution in [3.05, 3.63) is 48.2 Å². The predicted molar refractivity (Wildman–Crippen MR) is 153 cm³/mol. The first-order valence-corrected chi connectivity index (χ1v) is 15.3. The highest BCUT2D eigenvalue weighted by atomic mass is 31.2. The van der Waals surface area contributed by atoms with Gasteiger partial charge in [-0.1, -0.05) is 30.3 Å². The van der Waals surface area contributed by atoms with Crippen LogP contribution in [0.25, 0.3) is 11.3 Å². The fraction of sp³-hybridized carbons (Fsp3) is 0.444. The van der Waals surface area contributed by atoms with Crippen molar-refractivity contribution in [2.75, 3.05) is 50.7 Å². The number of anilines is 1. The van der Waals surface area contributed by atoms with Gasteiger partial charge in [-0.3, -0.25) is 28.6 Å². The molecule has 15 heteroatoms. The van der Waals surface area contributed by atoms with Gasteiger partial charge in [0.25, 0.3) is 5.91 Å². The van der Waals surface area contributed by atoms with Crippen molar-refractivity contribution >= 4 is 37.0 Å². The maximum absolute atomic E-state index is 13.3. The first-order chi connectivity index (χ1) is 19.9. The quantitative estimate of drug-likeness (QED) is 0.125. The molecule has 6 N–H and O–H groups in total. The van der Waals surface area contributed by atoms with Gasteiger partial charge < -0.3 is 35.5 Å². The first-order valence-electron chi connectivity index (χ1n) is 13.5. The summed E-state index contributed by atoms with van der Waals surface area (Å²) in [6, 6.07) is 10.4. The van der Waals surface area contributed by atoms with E-state index in [4.69, 9.17) is 10.2 Å². The molecule has 228 valence electrons. The molecule has 0 unspecified atom stereocenters. The van der Waals surface area contributed by atoms with E-state index in [2.05, 4.69) is 20.5 Å². The minimum Gasteiger partial charge on any atom is -0.481 e. The lowest BCUT2D eigenvalue weighted by Crippen LogP contribution is -2.56. The molecule has 3 rings (SSSR count). The van der Waals surface area contributed by atoms with E-state index in [0.29, 0.717) is 49.4 Å². The molecule has 14 nitrogen and oxygen atoms in total. The lowest BCUT2D eigenvalue weighted by Gasteiger charge is -2.36. The summed E-state index contributed by atoms with van der Waals surface area (Å²) >= 11 is 0. The number of carbonyl (C=O) groups is 4. The Bertz CT molecular complexity index is 1300. The van der Waals surface area contributed by atoms with Gasteiger partial charge in [0.2, 0.25) is 5.91 Å². The number of hydrogen-bond donors (Lipinski definition) is 6. The summed E-state index contributed by atoms with van der Waals surface area (Å²) in [6.45, 7) is 2.32. The van der Waals surface area contributed by atoms with E-state index >= 15 is 0 Å². The highest BCUT2D eigenvalue weighted by Crippen LogP contribution is 2.35. The molecule has 1 aliphatic rings. The maximum Gasteiger partial charge on any atom is 0.328 e. The minimum atomic E-state index is -4.71. The summed E-state index contributed by atoms with van der Waals surface area (Å²) < 4.78 is 11.9. The van der Waals surface area contributed by atoms with Crippen LogP contribution in [0, 0.1) is 0 Å². The Kier molecular flexibility index (Phi) is 12.0. The van der Waals surface area contributed by atoms with Crippen molar-refractivity contribution in [2.45, 2.75) is 31.7 Å². The molecule has 1 atom stereocenters. The molecule has 1 aromatic carbocycles. The van der Waals surface area contributed by atoms with Crippen LogP contribution >= 0.6 is 7.60 Å². The second kappa shape index (κ2) is 15.4. The Labute approximate surface area is 242 Å². The van der Waals surface area contributed by atoms with Crippen LogP contribution in [0.4, 0.5) is 5.69 Å². The monoisotopic (exact) mass is 605 g/mol. The van der Waals surface area contributed by atoms with E-state index < -0.39 is 43.6 Å². The van der Waals surface area contributed by atoms with Gasteiger partial charge in [-0.05, 0) is 31.5 Å². The number of nitrogens with one attached hydrogen (secondary N) is 2. The number of carboxylic acids is 2. The van der Waals surface area contributed by atoms with Gasteiger partial charge >= 0.3 is 19.5 Å². The van der Waals surface area contributed by atoms with Gasteiger partial charge in [0, 0.05) is 50.4 Å². The number of aromatic nitrogens is 1. The average Bonchev–Trinajstić information content (AvgIpc) is 2.94. The zero-order valence-electron chi connectivity index (χ0n) is 23.0. The van der Waals surface area contributed by atoms with Crippen molar-refractivity contribution in [3.63, 3.8) is 0 Å². The van der Waals surface area contributed by atoms with Gasteiger partial charge in [0.1, 0.15) is 11.7 Å². The average molecular weight is 606 g/mol. The van der Waals surface area contributed by atoms with Crippen molar-refractivity contribution in [1.82, 2.24) is 20.1 Å².